The Hall–Kier alpha value is -1.12. The molecule has 1 saturated heterocycles. The first-order chi connectivity index (χ1) is 6.40. The van der Waals surface area contributed by atoms with Gasteiger partial charge in [0.2, 0.25) is 5.91 Å². The minimum atomic E-state index is -0.392. The molecule has 1 aliphatic rings. The first kappa shape index (κ1) is 11.0. The molecule has 0 N–H and O–H groups in total. The molecule has 0 aromatic carbocycles. The highest BCUT2D eigenvalue weighted by Gasteiger charge is 2.45. The molecule has 3 nitrogen and oxygen atoms in total. The van der Waals surface area contributed by atoms with Crippen molar-refractivity contribution in [3.63, 3.8) is 0 Å². The molecule has 0 aromatic heterocycles. The number of imide groups is 1. The summed E-state index contributed by atoms with van der Waals surface area (Å²) in [6, 6.07) is 0.0150. The minimum Gasteiger partial charge on any atom is -0.276 e. The first-order valence-electron chi connectivity index (χ1n) is 4.90. The van der Waals surface area contributed by atoms with Crippen molar-refractivity contribution in [3.05, 3.63) is 12.2 Å². The molecule has 14 heavy (non-hydrogen) atoms. The van der Waals surface area contributed by atoms with E-state index in [1.165, 1.54) is 11.0 Å². The van der Waals surface area contributed by atoms with Gasteiger partial charge in [-0.05, 0) is 26.3 Å². The Bertz CT molecular complexity index is 292. The molecule has 0 bridgehead atoms. The Balaban J connectivity index is 2.91. The average molecular weight is 195 g/mol. The van der Waals surface area contributed by atoms with Crippen molar-refractivity contribution in [2.75, 3.05) is 0 Å². The number of likely N-dealkylation sites (tertiary alicyclic amines) is 1. The number of hydrogen-bond donors (Lipinski definition) is 0. The minimum absolute atomic E-state index is 0.0150. The number of nitrogens with zero attached hydrogens (tertiary/aromatic N) is 1. The molecule has 1 atom stereocenters. The second-order valence-corrected chi connectivity index (χ2v) is 4.45. The van der Waals surface area contributed by atoms with Gasteiger partial charge in [0, 0.05) is 11.5 Å². The molecule has 0 spiro atoms. The fourth-order valence-corrected chi connectivity index (χ4v) is 1.98. The average Bonchev–Trinajstić information content (AvgIpc) is 2.22. The summed E-state index contributed by atoms with van der Waals surface area (Å²) in [6.07, 6.45) is 3.85. The zero-order chi connectivity index (χ0) is 10.9. The Kier molecular flexibility index (Phi) is 2.79. The van der Waals surface area contributed by atoms with Crippen LogP contribution in [0.2, 0.25) is 0 Å². The summed E-state index contributed by atoms with van der Waals surface area (Å²) in [6.45, 7) is 7.45. The normalized spacial score (nSPS) is 26.1. The molecule has 0 radical (unpaired) electrons. The van der Waals surface area contributed by atoms with Gasteiger partial charge in [0.1, 0.15) is 0 Å². The lowest BCUT2D eigenvalue weighted by molar-refractivity contribution is -0.144. The van der Waals surface area contributed by atoms with Gasteiger partial charge in [0.15, 0.2) is 0 Å². The van der Waals surface area contributed by atoms with Crippen molar-refractivity contribution < 1.29 is 9.59 Å². The number of rotatable bonds is 1. The molecule has 0 aliphatic carbocycles. The van der Waals surface area contributed by atoms with Crippen LogP contribution in [0.15, 0.2) is 12.2 Å². The van der Waals surface area contributed by atoms with Crippen LogP contribution in [0.1, 0.15) is 34.1 Å². The van der Waals surface area contributed by atoms with Crippen LogP contribution in [-0.2, 0) is 9.59 Å². The summed E-state index contributed by atoms with van der Waals surface area (Å²) in [5.74, 6) is -0.260. The van der Waals surface area contributed by atoms with Crippen LogP contribution in [0.25, 0.3) is 0 Å². The number of carbonyl (C=O) groups is 2. The number of hydrogen-bond acceptors (Lipinski definition) is 2. The predicted molar refractivity (Wildman–Crippen MR) is 54.5 cm³/mol. The van der Waals surface area contributed by atoms with E-state index in [1.54, 1.807) is 13.0 Å². The topological polar surface area (TPSA) is 37.4 Å². The highest BCUT2D eigenvalue weighted by atomic mass is 16.2. The summed E-state index contributed by atoms with van der Waals surface area (Å²) in [5, 5.41) is 0. The van der Waals surface area contributed by atoms with E-state index in [-0.39, 0.29) is 17.9 Å². The number of amides is 2. The lowest BCUT2D eigenvalue weighted by atomic mass is 9.90. The maximum atomic E-state index is 11.8. The second kappa shape index (κ2) is 3.56. The van der Waals surface area contributed by atoms with Crippen LogP contribution in [0.5, 0.6) is 0 Å². The molecule has 1 fully saturated rings. The Morgan fingerprint density at radius 1 is 1.57 bits per heavy atom. The van der Waals surface area contributed by atoms with E-state index >= 15 is 0 Å². The SMILES string of the molecule is C/C=C/C(=O)N1C(=O)C(C)(C)C[C@H]1C. The van der Waals surface area contributed by atoms with E-state index in [9.17, 15) is 9.59 Å². The van der Waals surface area contributed by atoms with Crippen LogP contribution in [0.3, 0.4) is 0 Å². The molecule has 1 rings (SSSR count). The molecular weight excluding hydrogens is 178 g/mol. The fourth-order valence-electron chi connectivity index (χ4n) is 1.98. The van der Waals surface area contributed by atoms with E-state index in [4.69, 9.17) is 0 Å². The summed E-state index contributed by atoms with van der Waals surface area (Å²) in [4.78, 5) is 24.8. The summed E-state index contributed by atoms with van der Waals surface area (Å²) in [7, 11) is 0. The maximum absolute atomic E-state index is 11.8. The summed E-state index contributed by atoms with van der Waals surface area (Å²) in [5.41, 5.74) is -0.392. The molecule has 0 saturated carbocycles. The number of carbonyl (C=O) groups excluding carboxylic acids is 2. The molecule has 3 heteroatoms. The van der Waals surface area contributed by atoms with Gasteiger partial charge in [-0.15, -0.1) is 0 Å². The van der Waals surface area contributed by atoms with Gasteiger partial charge in [-0.1, -0.05) is 19.9 Å². The van der Waals surface area contributed by atoms with Crippen molar-refractivity contribution >= 4 is 11.8 Å². The monoisotopic (exact) mass is 195 g/mol. The fraction of sp³-hybridized carbons (Fsp3) is 0.636. The van der Waals surface area contributed by atoms with Crippen LogP contribution in [-0.4, -0.2) is 22.8 Å². The lowest BCUT2D eigenvalue weighted by Crippen LogP contribution is -2.38. The number of allylic oxidation sites excluding steroid dienone is 1. The van der Waals surface area contributed by atoms with E-state index in [0.717, 1.165) is 6.42 Å². The quantitative estimate of drug-likeness (QED) is 0.598. The molecule has 0 unspecified atom stereocenters. The third-order valence-electron chi connectivity index (χ3n) is 2.59. The molecule has 2 amide bonds. The van der Waals surface area contributed by atoms with E-state index in [0.29, 0.717) is 0 Å². The van der Waals surface area contributed by atoms with Gasteiger partial charge in [-0.3, -0.25) is 14.5 Å². The van der Waals surface area contributed by atoms with E-state index in [2.05, 4.69) is 0 Å². The van der Waals surface area contributed by atoms with Crippen LogP contribution in [0, 0.1) is 5.41 Å². The van der Waals surface area contributed by atoms with Gasteiger partial charge in [-0.25, -0.2) is 0 Å². The van der Waals surface area contributed by atoms with Crippen molar-refractivity contribution in [2.24, 2.45) is 5.41 Å². The molecule has 78 valence electrons. The van der Waals surface area contributed by atoms with E-state index in [1.807, 2.05) is 20.8 Å². The molecule has 0 aromatic rings. The second-order valence-electron chi connectivity index (χ2n) is 4.45. The standard InChI is InChI=1S/C11H17NO2/c1-5-6-9(13)12-8(2)7-11(3,4)10(12)14/h5-6,8H,7H2,1-4H3/b6-5+/t8-/m1/s1. The third-order valence-corrected chi connectivity index (χ3v) is 2.59. The van der Waals surface area contributed by atoms with E-state index < -0.39 is 5.41 Å². The van der Waals surface area contributed by atoms with Crippen LogP contribution >= 0.6 is 0 Å². The molecule has 1 heterocycles. The Labute approximate surface area is 84.8 Å². The smallest absolute Gasteiger partial charge is 0.253 e. The highest BCUT2D eigenvalue weighted by molar-refractivity contribution is 6.04. The zero-order valence-electron chi connectivity index (χ0n) is 9.20. The lowest BCUT2D eigenvalue weighted by Gasteiger charge is -2.18. The predicted octanol–water partition coefficient (Wildman–Crippen LogP) is 1.74. The van der Waals surface area contributed by atoms with Crippen LogP contribution < -0.4 is 0 Å². The van der Waals surface area contributed by atoms with Crippen molar-refractivity contribution in [3.8, 4) is 0 Å². The summed E-state index contributed by atoms with van der Waals surface area (Å²) < 4.78 is 0. The van der Waals surface area contributed by atoms with Crippen LogP contribution in [0.4, 0.5) is 0 Å². The molecular formula is C11H17NO2. The van der Waals surface area contributed by atoms with Crippen molar-refractivity contribution in [1.82, 2.24) is 4.90 Å². The van der Waals surface area contributed by atoms with Crippen molar-refractivity contribution in [1.29, 1.82) is 0 Å². The first-order valence-corrected chi connectivity index (χ1v) is 4.90. The largest absolute Gasteiger partial charge is 0.276 e. The molecule has 1 aliphatic heterocycles. The highest BCUT2D eigenvalue weighted by Crippen LogP contribution is 2.35. The van der Waals surface area contributed by atoms with Gasteiger partial charge in [0.25, 0.3) is 5.91 Å². The van der Waals surface area contributed by atoms with Gasteiger partial charge >= 0.3 is 0 Å². The van der Waals surface area contributed by atoms with Gasteiger partial charge < -0.3 is 0 Å². The Morgan fingerprint density at radius 3 is 2.50 bits per heavy atom. The van der Waals surface area contributed by atoms with Gasteiger partial charge in [0.05, 0.1) is 0 Å². The third kappa shape index (κ3) is 1.72. The summed E-state index contributed by atoms with van der Waals surface area (Å²) >= 11 is 0. The maximum Gasteiger partial charge on any atom is 0.253 e. The van der Waals surface area contributed by atoms with Gasteiger partial charge in [-0.2, -0.15) is 0 Å². The Morgan fingerprint density at radius 2 is 2.14 bits per heavy atom. The van der Waals surface area contributed by atoms with Crippen molar-refractivity contribution in [2.45, 2.75) is 40.2 Å². The zero-order valence-corrected chi connectivity index (χ0v) is 9.20.